The summed E-state index contributed by atoms with van der Waals surface area (Å²) in [5.74, 6) is 1.81. The molecule has 108 valence electrons. The van der Waals surface area contributed by atoms with Crippen LogP contribution in [0.3, 0.4) is 0 Å². The van der Waals surface area contributed by atoms with E-state index < -0.39 is 0 Å². The molecule has 6 heteroatoms. The summed E-state index contributed by atoms with van der Waals surface area (Å²) in [6, 6.07) is 0. The summed E-state index contributed by atoms with van der Waals surface area (Å²) in [5.41, 5.74) is 5.69. The maximum absolute atomic E-state index is 11.8. The average molecular weight is 267 g/mol. The number of carbonyl (C=O) groups is 1. The van der Waals surface area contributed by atoms with Crippen molar-refractivity contribution < 1.29 is 4.79 Å². The lowest BCUT2D eigenvalue weighted by Crippen LogP contribution is -2.29. The van der Waals surface area contributed by atoms with Crippen LogP contribution in [0.4, 0.5) is 0 Å². The van der Waals surface area contributed by atoms with Gasteiger partial charge in [-0.1, -0.05) is 13.8 Å². The van der Waals surface area contributed by atoms with Crippen LogP contribution in [-0.2, 0) is 11.2 Å². The van der Waals surface area contributed by atoms with Gasteiger partial charge in [-0.25, -0.2) is 4.98 Å². The lowest BCUT2D eigenvalue weighted by Gasteiger charge is -2.16. The van der Waals surface area contributed by atoms with Crippen LogP contribution in [0.25, 0.3) is 0 Å². The average Bonchev–Trinajstić information content (AvgIpc) is 2.86. The van der Waals surface area contributed by atoms with Gasteiger partial charge in [0.1, 0.15) is 12.2 Å². The molecule has 0 radical (unpaired) electrons. The van der Waals surface area contributed by atoms with E-state index in [4.69, 9.17) is 5.73 Å². The number of aromatic nitrogens is 3. The van der Waals surface area contributed by atoms with Gasteiger partial charge in [-0.05, 0) is 31.2 Å². The van der Waals surface area contributed by atoms with Gasteiger partial charge in [-0.2, -0.15) is 5.10 Å². The molecule has 1 aromatic heterocycles. The minimum absolute atomic E-state index is 0.0914. The highest BCUT2D eigenvalue weighted by Gasteiger charge is 2.13. The van der Waals surface area contributed by atoms with Crippen LogP contribution in [0.15, 0.2) is 6.33 Å². The smallest absolute Gasteiger partial charge is 0.220 e. The lowest BCUT2D eigenvalue weighted by molar-refractivity contribution is -0.122. The monoisotopic (exact) mass is 267 g/mol. The fourth-order valence-electron chi connectivity index (χ4n) is 2.10. The van der Waals surface area contributed by atoms with Crippen molar-refractivity contribution in [2.75, 3.05) is 13.1 Å². The Morgan fingerprint density at radius 1 is 1.53 bits per heavy atom. The number of hydrogen-bond donors (Lipinski definition) is 3. The second-order valence-electron chi connectivity index (χ2n) is 5.32. The zero-order valence-electron chi connectivity index (χ0n) is 11.9. The van der Waals surface area contributed by atoms with E-state index >= 15 is 0 Å². The van der Waals surface area contributed by atoms with Gasteiger partial charge in [0.05, 0.1) is 0 Å². The topological polar surface area (TPSA) is 96.7 Å². The van der Waals surface area contributed by atoms with Crippen LogP contribution in [0.1, 0.15) is 38.9 Å². The zero-order chi connectivity index (χ0) is 14.1. The van der Waals surface area contributed by atoms with Gasteiger partial charge in [-0.15, -0.1) is 0 Å². The fraction of sp³-hybridized carbons (Fsp3) is 0.769. The first-order valence-corrected chi connectivity index (χ1v) is 6.92. The third-order valence-corrected chi connectivity index (χ3v) is 2.99. The van der Waals surface area contributed by atoms with Gasteiger partial charge < -0.3 is 11.1 Å². The Bertz CT molecular complexity index is 350. The third kappa shape index (κ3) is 6.91. The van der Waals surface area contributed by atoms with E-state index in [1.54, 1.807) is 0 Å². The van der Waals surface area contributed by atoms with Crippen molar-refractivity contribution in [3.05, 3.63) is 12.2 Å². The molecular weight excluding hydrogens is 242 g/mol. The minimum Gasteiger partial charge on any atom is -0.356 e. The van der Waals surface area contributed by atoms with Crippen molar-refractivity contribution in [1.82, 2.24) is 20.5 Å². The number of aromatic amines is 1. The summed E-state index contributed by atoms with van der Waals surface area (Å²) in [6.07, 6.45) is 4.68. The number of amides is 1. The summed E-state index contributed by atoms with van der Waals surface area (Å²) >= 11 is 0. The Balaban J connectivity index is 2.12. The van der Waals surface area contributed by atoms with Crippen molar-refractivity contribution >= 4 is 5.91 Å². The van der Waals surface area contributed by atoms with Gasteiger partial charge >= 0.3 is 0 Å². The predicted octanol–water partition coefficient (Wildman–Crippen LogP) is 0.865. The first kappa shape index (κ1) is 15.6. The Labute approximate surface area is 114 Å². The molecule has 4 N–H and O–H groups in total. The summed E-state index contributed by atoms with van der Waals surface area (Å²) in [5, 5.41) is 9.50. The van der Waals surface area contributed by atoms with Gasteiger partial charge in [0.15, 0.2) is 0 Å². The Kier molecular flexibility index (Phi) is 7.10. The van der Waals surface area contributed by atoms with E-state index in [-0.39, 0.29) is 11.8 Å². The molecule has 1 atom stereocenters. The quantitative estimate of drug-likeness (QED) is 0.578. The number of hydrogen-bond acceptors (Lipinski definition) is 4. The van der Waals surface area contributed by atoms with E-state index in [9.17, 15) is 4.79 Å². The van der Waals surface area contributed by atoms with Crippen LogP contribution >= 0.6 is 0 Å². The van der Waals surface area contributed by atoms with Crippen molar-refractivity contribution in [1.29, 1.82) is 0 Å². The van der Waals surface area contributed by atoms with E-state index in [1.807, 2.05) is 0 Å². The number of aryl methyl sites for hydroxylation is 1. The maximum Gasteiger partial charge on any atom is 0.220 e. The van der Waals surface area contributed by atoms with Crippen LogP contribution in [0.5, 0.6) is 0 Å². The normalized spacial score (nSPS) is 12.6. The molecule has 0 saturated heterocycles. The van der Waals surface area contributed by atoms with Crippen molar-refractivity contribution in [3.8, 4) is 0 Å². The molecule has 0 aromatic carbocycles. The number of nitrogens with one attached hydrogen (secondary N) is 2. The zero-order valence-corrected chi connectivity index (χ0v) is 11.9. The fourth-order valence-corrected chi connectivity index (χ4v) is 2.10. The number of H-pyrrole nitrogens is 1. The molecule has 0 aliphatic carbocycles. The SMILES string of the molecule is CC(C)CC(CN)CC(=O)NCCCc1ncn[nH]1. The lowest BCUT2D eigenvalue weighted by atomic mass is 9.94. The van der Waals surface area contributed by atoms with Crippen LogP contribution in [0.2, 0.25) is 0 Å². The molecule has 0 spiro atoms. The van der Waals surface area contributed by atoms with E-state index in [2.05, 4.69) is 34.3 Å². The second kappa shape index (κ2) is 8.63. The highest BCUT2D eigenvalue weighted by atomic mass is 16.1. The Morgan fingerprint density at radius 2 is 2.32 bits per heavy atom. The van der Waals surface area contributed by atoms with Crippen LogP contribution in [-0.4, -0.2) is 34.2 Å². The molecule has 0 bridgehead atoms. The minimum atomic E-state index is 0.0914. The largest absolute Gasteiger partial charge is 0.356 e. The molecule has 1 amide bonds. The Hall–Kier alpha value is -1.43. The predicted molar refractivity (Wildman–Crippen MR) is 74.3 cm³/mol. The molecule has 1 rings (SSSR count). The molecule has 1 heterocycles. The number of rotatable bonds is 9. The molecule has 0 aliphatic rings. The highest BCUT2D eigenvalue weighted by Crippen LogP contribution is 2.13. The first-order chi connectivity index (χ1) is 9.11. The molecule has 0 fully saturated rings. The van der Waals surface area contributed by atoms with Crippen molar-refractivity contribution in [2.45, 2.75) is 39.5 Å². The third-order valence-electron chi connectivity index (χ3n) is 2.99. The van der Waals surface area contributed by atoms with E-state index in [1.165, 1.54) is 6.33 Å². The van der Waals surface area contributed by atoms with Crippen molar-refractivity contribution in [3.63, 3.8) is 0 Å². The molecule has 6 nitrogen and oxygen atoms in total. The van der Waals surface area contributed by atoms with Gasteiger partial charge in [-0.3, -0.25) is 9.89 Å². The second-order valence-corrected chi connectivity index (χ2v) is 5.32. The van der Waals surface area contributed by atoms with Gasteiger partial charge in [0.2, 0.25) is 5.91 Å². The summed E-state index contributed by atoms with van der Waals surface area (Å²) in [6.45, 7) is 5.54. The number of nitrogens with zero attached hydrogens (tertiary/aromatic N) is 2. The van der Waals surface area contributed by atoms with E-state index in [0.717, 1.165) is 25.1 Å². The maximum atomic E-state index is 11.8. The van der Waals surface area contributed by atoms with Crippen LogP contribution < -0.4 is 11.1 Å². The standard InChI is InChI=1S/C13H25N5O/c1-10(2)6-11(8-14)7-13(19)15-5-3-4-12-16-9-17-18-12/h9-11H,3-8,14H2,1-2H3,(H,15,19)(H,16,17,18). The molecule has 0 aliphatic heterocycles. The Morgan fingerprint density at radius 3 is 2.89 bits per heavy atom. The molecule has 1 unspecified atom stereocenters. The molecular formula is C13H25N5O. The highest BCUT2D eigenvalue weighted by molar-refractivity contribution is 5.76. The first-order valence-electron chi connectivity index (χ1n) is 6.92. The summed E-state index contributed by atoms with van der Waals surface area (Å²) in [7, 11) is 0. The van der Waals surface area contributed by atoms with Gasteiger partial charge in [0.25, 0.3) is 0 Å². The molecule has 19 heavy (non-hydrogen) atoms. The van der Waals surface area contributed by atoms with E-state index in [0.29, 0.717) is 25.4 Å². The van der Waals surface area contributed by atoms with Gasteiger partial charge in [0, 0.05) is 19.4 Å². The number of carbonyl (C=O) groups excluding carboxylic acids is 1. The molecule has 0 saturated carbocycles. The summed E-state index contributed by atoms with van der Waals surface area (Å²) in [4.78, 5) is 15.8. The van der Waals surface area contributed by atoms with Crippen molar-refractivity contribution in [2.24, 2.45) is 17.6 Å². The van der Waals surface area contributed by atoms with Crippen LogP contribution in [0, 0.1) is 11.8 Å². The molecule has 1 aromatic rings. The number of nitrogens with two attached hydrogens (primary N) is 1. The summed E-state index contributed by atoms with van der Waals surface area (Å²) < 4.78 is 0.